The minimum atomic E-state index is -0.736. The van der Waals surface area contributed by atoms with E-state index in [0.717, 1.165) is 23.4 Å². The minimum absolute atomic E-state index is 0. The Morgan fingerprint density at radius 1 is 1.00 bits per heavy atom. The number of likely N-dealkylation sites (tertiary alicyclic amines) is 1. The second kappa shape index (κ2) is 16.9. The Bertz CT molecular complexity index is 1640. The SMILES string of the molecule is COc1ccc([C@H](Cc2c(Cl)c[nH+]cc2Cl)OC(=O)c2ccc(CNC(C(=O)OC[C@@H]3CCN3C)c3ccccc3)s2)cc1OC.[OH-]. The molecule has 0 saturated carbocycles. The lowest BCUT2D eigenvalue weighted by molar-refractivity contribution is -0.377. The van der Waals surface area contributed by atoms with Gasteiger partial charge in [0.25, 0.3) is 0 Å². The zero-order valence-electron chi connectivity index (χ0n) is 26.2. The summed E-state index contributed by atoms with van der Waals surface area (Å²) in [6.45, 7) is 1.71. The van der Waals surface area contributed by atoms with Crippen molar-refractivity contribution in [3.8, 4) is 11.5 Å². The Kier molecular flexibility index (Phi) is 13.0. The zero-order valence-corrected chi connectivity index (χ0v) is 28.5. The fraction of sp³-hybridized carbons (Fsp3) is 0.324. The highest BCUT2D eigenvalue weighted by molar-refractivity contribution is 7.13. The summed E-state index contributed by atoms with van der Waals surface area (Å²) < 4.78 is 22.7. The van der Waals surface area contributed by atoms with E-state index in [1.165, 1.54) is 11.3 Å². The van der Waals surface area contributed by atoms with E-state index in [-0.39, 0.29) is 23.9 Å². The minimum Gasteiger partial charge on any atom is -0.870 e. The largest absolute Gasteiger partial charge is 0.870 e. The Labute approximate surface area is 287 Å². The number of carbonyl (C=O) groups is 2. The number of aromatic amines is 1. The molecule has 3 atom stereocenters. The maximum absolute atomic E-state index is 13.5. The normalized spacial score (nSPS) is 15.5. The highest BCUT2D eigenvalue weighted by Crippen LogP contribution is 2.36. The van der Waals surface area contributed by atoms with Gasteiger partial charge in [-0.1, -0.05) is 59.6 Å². The number of methoxy groups -OCH3 is 2. The fourth-order valence-corrected chi connectivity index (χ4v) is 6.51. The number of rotatable bonds is 14. The Morgan fingerprint density at radius 3 is 2.36 bits per heavy atom. The maximum atomic E-state index is 13.5. The van der Waals surface area contributed by atoms with Crippen molar-refractivity contribution in [3.63, 3.8) is 0 Å². The van der Waals surface area contributed by atoms with E-state index < -0.39 is 18.1 Å². The van der Waals surface area contributed by atoms with Gasteiger partial charge in [-0.3, -0.25) is 10.2 Å². The number of thiophene rings is 1. The van der Waals surface area contributed by atoms with E-state index in [9.17, 15) is 9.59 Å². The van der Waals surface area contributed by atoms with E-state index in [1.54, 1.807) is 44.8 Å². The number of benzene rings is 2. The lowest BCUT2D eigenvalue weighted by Crippen LogP contribution is -2.48. The molecule has 1 saturated heterocycles. The van der Waals surface area contributed by atoms with Crippen LogP contribution in [0.2, 0.25) is 10.0 Å². The molecule has 5 rings (SSSR count). The maximum Gasteiger partial charge on any atom is 0.348 e. The van der Waals surface area contributed by atoms with E-state index in [0.29, 0.717) is 50.7 Å². The molecule has 0 bridgehead atoms. The first-order valence-corrected chi connectivity index (χ1v) is 16.4. The van der Waals surface area contributed by atoms with Gasteiger partial charge in [-0.15, -0.1) is 11.3 Å². The standard InChI is InChI=1S/C34H35Cl2N3O6S.H2O/c1-39-14-13-23(39)20-44-34(41)32(21-7-5-4-6-8-21)38-17-24-10-12-31(46-24)33(40)45-29(16-25-26(35)18-37-19-27(25)36)22-9-11-28(42-2)30(15-22)43-3;/h4-12,15,18-19,23,29,32,38H,13-14,16-17,20H2,1-3H3;1H2/t23-,29-,32?;/m0./s1. The van der Waals surface area contributed by atoms with Crippen molar-refractivity contribution < 1.29 is 39.0 Å². The summed E-state index contributed by atoms with van der Waals surface area (Å²) in [5.74, 6) is 0.200. The molecule has 0 aliphatic carbocycles. The first-order chi connectivity index (χ1) is 22.3. The lowest BCUT2D eigenvalue weighted by atomic mass is 10.0. The van der Waals surface area contributed by atoms with Crippen LogP contribution in [0.1, 0.15) is 49.8 Å². The van der Waals surface area contributed by atoms with Gasteiger partial charge in [0.05, 0.1) is 14.2 Å². The number of nitrogens with one attached hydrogen (secondary N) is 2. The van der Waals surface area contributed by atoms with Gasteiger partial charge in [0.1, 0.15) is 33.7 Å². The molecule has 1 unspecified atom stereocenters. The van der Waals surface area contributed by atoms with Crippen LogP contribution in [0.5, 0.6) is 11.5 Å². The van der Waals surface area contributed by atoms with Crippen molar-refractivity contribution in [3.05, 3.63) is 110 Å². The van der Waals surface area contributed by atoms with Crippen LogP contribution in [0.15, 0.2) is 73.1 Å². The highest BCUT2D eigenvalue weighted by atomic mass is 35.5. The van der Waals surface area contributed by atoms with Crippen LogP contribution in [-0.2, 0) is 27.2 Å². The molecule has 250 valence electrons. The van der Waals surface area contributed by atoms with E-state index in [4.69, 9.17) is 42.1 Å². The summed E-state index contributed by atoms with van der Waals surface area (Å²) in [5, 5.41) is 4.16. The highest BCUT2D eigenvalue weighted by Gasteiger charge is 2.29. The third-order valence-corrected chi connectivity index (χ3v) is 9.72. The van der Waals surface area contributed by atoms with Gasteiger partial charge in [0.15, 0.2) is 23.9 Å². The summed E-state index contributed by atoms with van der Waals surface area (Å²) in [6, 6.07) is 18.0. The van der Waals surface area contributed by atoms with Crippen LogP contribution in [0.3, 0.4) is 0 Å². The van der Waals surface area contributed by atoms with Crippen molar-refractivity contribution >= 4 is 46.5 Å². The smallest absolute Gasteiger partial charge is 0.348 e. The van der Waals surface area contributed by atoms with Crippen LogP contribution < -0.4 is 19.8 Å². The van der Waals surface area contributed by atoms with Gasteiger partial charge >= 0.3 is 11.9 Å². The molecule has 47 heavy (non-hydrogen) atoms. The number of ether oxygens (including phenoxy) is 4. The molecule has 4 aromatic rings. The van der Waals surface area contributed by atoms with Gasteiger partial charge < -0.3 is 24.4 Å². The van der Waals surface area contributed by atoms with Gasteiger partial charge in [0, 0.05) is 29.4 Å². The van der Waals surface area contributed by atoms with Crippen molar-refractivity contribution in [1.82, 2.24) is 10.2 Å². The van der Waals surface area contributed by atoms with E-state index in [1.807, 2.05) is 49.5 Å². The molecular formula is C34H37Cl2N3O7S. The quantitative estimate of drug-likeness (QED) is 0.159. The predicted octanol–water partition coefficient (Wildman–Crippen LogP) is 5.93. The van der Waals surface area contributed by atoms with Crippen LogP contribution >= 0.6 is 34.5 Å². The summed E-state index contributed by atoms with van der Waals surface area (Å²) in [7, 11) is 5.12. The monoisotopic (exact) mass is 701 g/mol. The molecular weight excluding hydrogens is 665 g/mol. The van der Waals surface area contributed by atoms with Gasteiger partial charge in [-0.25, -0.2) is 14.6 Å². The predicted molar refractivity (Wildman–Crippen MR) is 179 cm³/mol. The summed E-state index contributed by atoms with van der Waals surface area (Å²) in [6.07, 6.45) is 3.75. The van der Waals surface area contributed by atoms with Crippen molar-refractivity contribution in [2.75, 3.05) is 34.4 Å². The number of hydrogen-bond donors (Lipinski definition) is 1. The van der Waals surface area contributed by atoms with E-state index in [2.05, 4.69) is 15.2 Å². The molecule has 0 spiro atoms. The van der Waals surface area contributed by atoms with Gasteiger partial charge in [0.2, 0.25) is 0 Å². The van der Waals surface area contributed by atoms with Crippen LogP contribution in [0, 0.1) is 0 Å². The molecule has 1 fully saturated rings. The Morgan fingerprint density at radius 2 is 1.72 bits per heavy atom. The molecule has 2 aromatic carbocycles. The number of pyridine rings is 1. The number of aromatic nitrogens is 1. The first-order valence-electron chi connectivity index (χ1n) is 14.8. The molecule has 13 heteroatoms. The van der Waals surface area contributed by atoms with Gasteiger partial charge in [-0.05, 0) is 55.4 Å². The third kappa shape index (κ3) is 9.01. The average Bonchev–Trinajstić information content (AvgIpc) is 3.54. The molecule has 2 aromatic heterocycles. The number of nitrogens with zero attached hydrogens (tertiary/aromatic N) is 1. The third-order valence-electron chi connectivity index (χ3n) is 7.98. The van der Waals surface area contributed by atoms with Crippen LogP contribution in [-0.4, -0.2) is 62.8 Å². The summed E-state index contributed by atoms with van der Waals surface area (Å²) in [4.78, 5) is 33.0. The summed E-state index contributed by atoms with van der Waals surface area (Å²) >= 11 is 14.2. The first kappa shape index (κ1) is 36.1. The Balaban J connectivity index is 0.00000500. The number of carbonyl (C=O) groups excluding carboxylic acids is 2. The van der Waals surface area contributed by atoms with Gasteiger partial charge in [-0.2, -0.15) is 0 Å². The number of esters is 2. The van der Waals surface area contributed by atoms with Crippen molar-refractivity contribution in [1.29, 1.82) is 0 Å². The number of hydrogen-bond acceptors (Lipinski definition) is 10. The molecule has 3 heterocycles. The fourth-order valence-electron chi connectivity index (χ4n) is 5.13. The molecule has 0 radical (unpaired) electrons. The number of likely N-dealkylation sites (N-methyl/N-ethyl adjacent to an activating group) is 1. The number of halogens is 2. The zero-order chi connectivity index (χ0) is 32.6. The second-order valence-electron chi connectivity index (χ2n) is 10.9. The molecule has 1 aliphatic rings. The van der Waals surface area contributed by atoms with E-state index >= 15 is 0 Å². The topological polar surface area (TPSA) is 130 Å². The lowest BCUT2D eigenvalue weighted by Gasteiger charge is -2.37. The van der Waals surface area contributed by atoms with Crippen molar-refractivity contribution in [2.24, 2.45) is 0 Å². The molecule has 1 aliphatic heterocycles. The summed E-state index contributed by atoms with van der Waals surface area (Å²) in [5.41, 5.74) is 2.12. The molecule has 3 N–H and O–H groups in total. The average molecular weight is 703 g/mol. The van der Waals surface area contributed by atoms with Crippen LogP contribution in [0.25, 0.3) is 0 Å². The number of H-pyrrole nitrogens is 1. The molecule has 0 amide bonds. The second-order valence-corrected chi connectivity index (χ2v) is 12.9. The van der Waals surface area contributed by atoms with Crippen molar-refractivity contribution in [2.45, 2.75) is 37.6 Å². The molecule has 10 nitrogen and oxygen atoms in total. The Hall–Kier alpha value is -3.71. The van der Waals surface area contributed by atoms with Crippen LogP contribution in [0.4, 0.5) is 0 Å².